The number of anilines is 1. The van der Waals surface area contributed by atoms with Gasteiger partial charge in [0.1, 0.15) is 11.6 Å². The predicted molar refractivity (Wildman–Crippen MR) is 103 cm³/mol. The van der Waals surface area contributed by atoms with E-state index in [0.29, 0.717) is 28.2 Å². The highest BCUT2D eigenvalue weighted by molar-refractivity contribution is 6.31. The second kappa shape index (κ2) is 6.00. The Hall–Kier alpha value is -3.12. The van der Waals surface area contributed by atoms with Crippen LogP contribution in [0.1, 0.15) is 5.69 Å². The molecular weight excluding hydrogens is 353 g/mol. The van der Waals surface area contributed by atoms with Crippen LogP contribution in [0.4, 0.5) is 10.2 Å². The van der Waals surface area contributed by atoms with Gasteiger partial charge in [-0.3, -0.25) is 9.97 Å². The van der Waals surface area contributed by atoms with Crippen molar-refractivity contribution in [2.24, 2.45) is 0 Å². The van der Waals surface area contributed by atoms with Crippen molar-refractivity contribution in [1.82, 2.24) is 14.6 Å². The van der Waals surface area contributed by atoms with Crippen LogP contribution in [0.15, 0.2) is 48.8 Å². The molecule has 26 heavy (non-hydrogen) atoms. The summed E-state index contributed by atoms with van der Waals surface area (Å²) in [7, 11) is 0. The lowest BCUT2D eigenvalue weighted by Gasteiger charge is -2.06. The van der Waals surface area contributed by atoms with Gasteiger partial charge in [0.2, 0.25) is 0 Å². The maximum Gasteiger partial charge on any atom is 0.141 e. The second-order valence-corrected chi connectivity index (χ2v) is 6.41. The van der Waals surface area contributed by atoms with Crippen molar-refractivity contribution in [2.45, 2.75) is 6.92 Å². The number of aromatic nitrogens is 3. The highest BCUT2D eigenvalue weighted by Gasteiger charge is 2.20. The van der Waals surface area contributed by atoms with Gasteiger partial charge in [0.25, 0.3) is 0 Å². The van der Waals surface area contributed by atoms with E-state index in [4.69, 9.17) is 23.2 Å². The average Bonchev–Trinajstić information content (AvgIpc) is 2.89. The minimum absolute atomic E-state index is 0.0267. The van der Waals surface area contributed by atoms with Crippen LogP contribution in [0.25, 0.3) is 33.3 Å². The number of pyridine rings is 2. The highest BCUT2D eigenvalue weighted by atomic mass is 35.5. The molecule has 0 fully saturated rings. The zero-order valence-electron chi connectivity index (χ0n) is 13.9. The molecule has 0 bridgehead atoms. The van der Waals surface area contributed by atoms with Gasteiger partial charge in [0, 0.05) is 34.6 Å². The summed E-state index contributed by atoms with van der Waals surface area (Å²) < 4.78 is 15.0. The first-order valence-corrected chi connectivity index (χ1v) is 8.27. The van der Waals surface area contributed by atoms with Gasteiger partial charge < -0.3 is 11.6 Å². The van der Waals surface area contributed by atoms with Gasteiger partial charge in [-0.05, 0) is 42.8 Å². The third-order valence-corrected chi connectivity index (χ3v) is 4.62. The number of benzene rings is 1. The van der Waals surface area contributed by atoms with E-state index in [1.54, 1.807) is 24.5 Å². The average molecular weight is 368 g/mol. The van der Waals surface area contributed by atoms with Crippen molar-refractivity contribution in [3.8, 4) is 22.4 Å². The van der Waals surface area contributed by atoms with Gasteiger partial charge in [-0.2, -0.15) is 0 Å². The molecule has 3 heterocycles. The molecule has 0 amide bonds. The van der Waals surface area contributed by atoms with E-state index in [2.05, 4.69) is 9.97 Å². The molecule has 1 aromatic carbocycles. The van der Waals surface area contributed by atoms with Gasteiger partial charge in [-0.25, -0.2) is 9.07 Å². The quantitative estimate of drug-likeness (QED) is 0.521. The number of nitrogens with zero attached hydrogens (tertiary/aromatic N) is 3. The summed E-state index contributed by atoms with van der Waals surface area (Å²) in [6, 6.07) is 10.1. The molecule has 0 aliphatic rings. The van der Waals surface area contributed by atoms with Crippen LogP contribution in [0.5, 0.6) is 0 Å². The Kier molecular flexibility index (Phi) is 3.77. The molecule has 0 unspecified atom stereocenters. The first-order chi connectivity index (χ1) is 12.5. The third kappa shape index (κ3) is 2.46. The van der Waals surface area contributed by atoms with Gasteiger partial charge >= 0.3 is 0 Å². The van der Waals surface area contributed by atoms with E-state index in [1.807, 2.05) is 25.1 Å². The maximum atomic E-state index is 13.5. The van der Waals surface area contributed by atoms with Crippen LogP contribution in [0.3, 0.4) is 0 Å². The fourth-order valence-electron chi connectivity index (χ4n) is 3.14. The molecule has 0 radical (unpaired) electrons. The lowest BCUT2D eigenvalue weighted by Crippen LogP contribution is -2.12. The van der Waals surface area contributed by atoms with Crippen molar-refractivity contribution in [1.29, 1.82) is 0 Å². The molecular formula is C19H15ClFN5. The van der Waals surface area contributed by atoms with E-state index in [1.165, 1.54) is 10.7 Å². The number of nitrogens with two attached hydrogens (primary N) is 2. The summed E-state index contributed by atoms with van der Waals surface area (Å²) in [6.07, 6.45) is 3.42. The van der Waals surface area contributed by atoms with Crippen molar-refractivity contribution in [3.05, 3.63) is 65.3 Å². The fraction of sp³-hybridized carbons (Fsp3) is 0.0526. The Morgan fingerprint density at radius 2 is 1.81 bits per heavy atom. The molecule has 4 aromatic rings. The molecule has 0 saturated carbocycles. The van der Waals surface area contributed by atoms with E-state index in [9.17, 15) is 4.39 Å². The standard InChI is InChI=1S/C19H15ClFN5/c1-10-8-12(4-6-24-10)17-18-13(5-7-25-17)16(19(22)26(18)23)11-2-3-15(21)14(20)9-11/h2-9H,22-23H2,1H3. The van der Waals surface area contributed by atoms with Crippen LogP contribution in [-0.4, -0.2) is 14.6 Å². The minimum Gasteiger partial charge on any atom is -0.383 e. The second-order valence-electron chi connectivity index (χ2n) is 6.00. The number of fused-ring (bicyclic) bond motifs is 1. The SMILES string of the molecule is Cc1cc(-c2nccc3c(-c4ccc(F)c(Cl)c4)c(N)n(N)c23)ccn1. The number of hydrogen-bond donors (Lipinski definition) is 2. The van der Waals surface area contributed by atoms with Gasteiger partial charge in [0.05, 0.1) is 16.2 Å². The van der Waals surface area contributed by atoms with Crippen molar-refractivity contribution in [3.63, 3.8) is 0 Å². The molecule has 0 aliphatic carbocycles. The molecule has 0 aliphatic heterocycles. The Morgan fingerprint density at radius 3 is 2.54 bits per heavy atom. The number of nitrogen functional groups attached to an aromatic ring is 2. The van der Waals surface area contributed by atoms with Crippen LogP contribution < -0.4 is 11.6 Å². The summed E-state index contributed by atoms with van der Waals surface area (Å²) in [6.45, 7) is 1.91. The normalized spacial score (nSPS) is 11.2. The van der Waals surface area contributed by atoms with Crippen LogP contribution in [0, 0.1) is 12.7 Å². The molecule has 130 valence electrons. The largest absolute Gasteiger partial charge is 0.383 e. The Morgan fingerprint density at radius 1 is 1.04 bits per heavy atom. The third-order valence-electron chi connectivity index (χ3n) is 4.33. The lowest BCUT2D eigenvalue weighted by molar-refractivity contribution is 0.628. The van der Waals surface area contributed by atoms with Gasteiger partial charge in [-0.1, -0.05) is 17.7 Å². The molecule has 0 atom stereocenters. The first-order valence-electron chi connectivity index (χ1n) is 7.90. The monoisotopic (exact) mass is 367 g/mol. The predicted octanol–water partition coefficient (Wildman–Crippen LogP) is 4.16. The van der Waals surface area contributed by atoms with E-state index < -0.39 is 5.82 Å². The van der Waals surface area contributed by atoms with Crippen LogP contribution >= 0.6 is 11.6 Å². The summed E-state index contributed by atoms with van der Waals surface area (Å²) >= 11 is 5.95. The minimum atomic E-state index is -0.486. The van der Waals surface area contributed by atoms with E-state index in [-0.39, 0.29) is 5.02 Å². The van der Waals surface area contributed by atoms with E-state index >= 15 is 0 Å². The number of rotatable bonds is 2. The zero-order chi connectivity index (χ0) is 18.4. The highest BCUT2D eigenvalue weighted by Crippen LogP contribution is 2.39. The van der Waals surface area contributed by atoms with E-state index in [0.717, 1.165) is 16.6 Å². The van der Waals surface area contributed by atoms with Crippen molar-refractivity contribution >= 4 is 28.3 Å². The number of halogens is 2. The number of aryl methyl sites for hydroxylation is 1. The molecule has 4 N–H and O–H groups in total. The molecule has 5 nitrogen and oxygen atoms in total. The molecule has 0 saturated heterocycles. The molecule has 3 aromatic heterocycles. The summed E-state index contributed by atoms with van der Waals surface area (Å²) in [5.74, 6) is 6.11. The molecule has 0 spiro atoms. The van der Waals surface area contributed by atoms with Crippen LogP contribution in [0.2, 0.25) is 5.02 Å². The van der Waals surface area contributed by atoms with Gasteiger partial charge in [0.15, 0.2) is 0 Å². The topological polar surface area (TPSA) is 82.8 Å². The zero-order valence-corrected chi connectivity index (χ0v) is 14.6. The Bertz CT molecular complexity index is 1150. The summed E-state index contributed by atoms with van der Waals surface area (Å²) in [5.41, 5.74) is 10.8. The number of hydrogen-bond acceptors (Lipinski definition) is 4. The fourth-order valence-corrected chi connectivity index (χ4v) is 3.32. The molecule has 4 rings (SSSR count). The smallest absolute Gasteiger partial charge is 0.141 e. The summed E-state index contributed by atoms with van der Waals surface area (Å²) in [4.78, 5) is 8.70. The first kappa shape index (κ1) is 16.4. The van der Waals surface area contributed by atoms with Crippen molar-refractivity contribution in [2.75, 3.05) is 11.6 Å². The lowest BCUT2D eigenvalue weighted by atomic mass is 10.0. The van der Waals surface area contributed by atoms with Crippen molar-refractivity contribution < 1.29 is 4.39 Å². The Balaban J connectivity index is 2.04. The van der Waals surface area contributed by atoms with Crippen LogP contribution in [-0.2, 0) is 0 Å². The van der Waals surface area contributed by atoms with Gasteiger partial charge in [-0.15, -0.1) is 0 Å². The molecule has 7 heteroatoms. The summed E-state index contributed by atoms with van der Waals surface area (Å²) in [5, 5.41) is 0.839. The maximum absolute atomic E-state index is 13.5. The Labute approximate surface area is 154 Å².